The second kappa shape index (κ2) is 7.19. The van der Waals surface area contributed by atoms with Crippen molar-refractivity contribution >= 4 is 0 Å². The lowest BCUT2D eigenvalue weighted by Gasteiger charge is -2.35. The number of hydrogen-bond acceptors (Lipinski definition) is 2. The Hall–Kier alpha value is -1.02. The van der Waals surface area contributed by atoms with Crippen LogP contribution in [0, 0.1) is 5.92 Å². The molecule has 2 unspecified atom stereocenters. The van der Waals surface area contributed by atoms with Crippen LogP contribution in [-0.4, -0.2) is 17.8 Å². The van der Waals surface area contributed by atoms with Crippen LogP contribution in [0.1, 0.15) is 103 Å². The minimum atomic E-state index is -0.0675. The van der Waals surface area contributed by atoms with Gasteiger partial charge in [-0.1, -0.05) is 66.5 Å². The quantitative estimate of drug-likeness (QED) is 0.659. The van der Waals surface area contributed by atoms with Gasteiger partial charge < -0.3 is 9.84 Å². The summed E-state index contributed by atoms with van der Waals surface area (Å²) < 4.78 is 6.35. The topological polar surface area (TPSA) is 29.5 Å². The van der Waals surface area contributed by atoms with Gasteiger partial charge >= 0.3 is 0 Å². The van der Waals surface area contributed by atoms with Crippen molar-refractivity contribution in [1.82, 2.24) is 0 Å². The third kappa shape index (κ3) is 4.11. The fourth-order valence-electron chi connectivity index (χ4n) is 4.77. The lowest BCUT2D eigenvalue weighted by Crippen LogP contribution is -2.30. The predicted octanol–water partition coefficient (Wildman–Crippen LogP) is 6.44. The van der Waals surface area contributed by atoms with E-state index in [-0.39, 0.29) is 10.8 Å². The molecule has 1 N–H and O–H groups in total. The first-order chi connectivity index (χ1) is 12.1. The highest BCUT2D eigenvalue weighted by Crippen LogP contribution is 2.43. The number of aromatic hydroxyl groups is 1. The summed E-state index contributed by atoms with van der Waals surface area (Å²) in [6.45, 7) is 14.0. The molecule has 2 nitrogen and oxygen atoms in total. The van der Waals surface area contributed by atoms with Gasteiger partial charge in [0.15, 0.2) is 0 Å². The van der Waals surface area contributed by atoms with Gasteiger partial charge in [0.25, 0.3) is 0 Å². The Morgan fingerprint density at radius 1 is 0.846 bits per heavy atom. The Labute approximate surface area is 160 Å². The molecule has 2 fully saturated rings. The predicted molar refractivity (Wildman–Crippen MR) is 109 cm³/mol. The van der Waals surface area contributed by atoms with Crippen molar-refractivity contribution in [2.24, 2.45) is 5.92 Å². The Kier molecular flexibility index (Phi) is 5.45. The van der Waals surface area contributed by atoms with E-state index in [1.807, 2.05) is 0 Å². The smallest absolute Gasteiger partial charge is 0.123 e. The van der Waals surface area contributed by atoms with Gasteiger partial charge in [-0.25, -0.2) is 0 Å². The average molecular weight is 359 g/mol. The van der Waals surface area contributed by atoms with Crippen molar-refractivity contribution in [3.8, 4) is 5.75 Å². The number of benzene rings is 1. The molecule has 1 aliphatic heterocycles. The minimum absolute atomic E-state index is 0.0675. The lowest BCUT2D eigenvalue weighted by molar-refractivity contribution is -0.0294. The molecule has 2 heteroatoms. The highest BCUT2D eigenvalue weighted by atomic mass is 16.5. The van der Waals surface area contributed by atoms with Gasteiger partial charge in [-0.3, -0.25) is 0 Å². The van der Waals surface area contributed by atoms with Crippen molar-refractivity contribution in [2.75, 3.05) is 6.61 Å². The molecule has 2 atom stereocenters. The van der Waals surface area contributed by atoms with Gasteiger partial charge in [0.1, 0.15) is 5.75 Å². The van der Waals surface area contributed by atoms with Crippen LogP contribution >= 0.6 is 0 Å². The summed E-state index contributed by atoms with van der Waals surface area (Å²) in [5, 5.41) is 10.9. The zero-order valence-electron chi connectivity index (χ0n) is 17.7. The van der Waals surface area contributed by atoms with Crippen LogP contribution in [-0.2, 0) is 15.6 Å². The number of hydrogen-bond donors (Lipinski definition) is 1. The first-order valence-corrected chi connectivity index (χ1v) is 10.6. The van der Waals surface area contributed by atoms with Crippen LogP contribution in [0.25, 0.3) is 0 Å². The largest absolute Gasteiger partial charge is 0.507 e. The number of ether oxygens (including phenoxy) is 1. The fraction of sp³-hybridized carbons (Fsp3) is 0.750. The normalized spacial score (nSPS) is 25.6. The maximum Gasteiger partial charge on any atom is 0.123 e. The highest BCUT2D eigenvalue weighted by Gasteiger charge is 2.33. The van der Waals surface area contributed by atoms with E-state index in [1.54, 1.807) is 0 Å². The molecule has 3 rings (SSSR count). The van der Waals surface area contributed by atoms with E-state index in [1.165, 1.54) is 44.1 Å². The Balaban J connectivity index is 1.85. The Morgan fingerprint density at radius 3 is 1.81 bits per heavy atom. The number of phenolic OH excluding ortho intramolecular Hbond substituents is 1. The number of phenols is 1. The van der Waals surface area contributed by atoms with Crippen molar-refractivity contribution in [3.05, 3.63) is 28.8 Å². The molecule has 146 valence electrons. The minimum Gasteiger partial charge on any atom is -0.507 e. The molecule has 1 aliphatic carbocycles. The molecule has 0 bridgehead atoms. The Bertz CT molecular complexity index is 584. The summed E-state index contributed by atoms with van der Waals surface area (Å²) >= 11 is 0. The maximum absolute atomic E-state index is 10.9. The standard InChI is InChI=1S/C24H38O2/c1-23(2,3)19-13-18(14-20(22(19)25)24(4,5)6)17-11-12-21(26-15-17)16-9-7-8-10-16/h13-14,16-17,21,25H,7-12,15H2,1-6H3. The lowest BCUT2D eigenvalue weighted by atomic mass is 9.76. The summed E-state index contributed by atoms with van der Waals surface area (Å²) in [4.78, 5) is 0. The molecule has 0 aromatic heterocycles. The van der Waals surface area contributed by atoms with E-state index in [4.69, 9.17) is 4.74 Å². The first-order valence-electron chi connectivity index (χ1n) is 10.6. The third-order valence-corrected chi connectivity index (χ3v) is 6.46. The molecule has 1 saturated heterocycles. The molecular formula is C24H38O2. The van der Waals surface area contributed by atoms with E-state index >= 15 is 0 Å². The molecule has 26 heavy (non-hydrogen) atoms. The van der Waals surface area contributed by atoms with E-state index in [0.717, 1.165) is 23.7 Å². The summed E-state index contributed by atoms with van der Waals surface area (Å²) in [6, 6.07) is 4.49. The van der Waals surface area contributed by atoms with Crippen molar-refractivity contribution < 1.29 is 9.84 Å². The van der Waals surface area contributed by atoms with Gasteiger partial charge in [-0.05, 0) is 59.1 Å². The van der Waals surface area contributed by atoms with Crippen LogP contribution in [0.15, 0.2) is 12.1 Å². The summed E-state index contributed by atoms with van der Waals surface area (Å²) in [5.41, 5.74) is 3.35. The maximum atomic E-state index is 10.9. The van der Waals surface area contributed by atoms with Crippen molar-refractivity contribution in [2.45, 2.75) is 103 Å². The fourth-order valence-corrected chi connectivity index (χ4v) is 4.77. The summed E-state index contributed by atoms with van der Waals surface area (Å²) in [7, 11) is 0. The van der Waals surface area contributed by atoms with Crippen LogP contribution in [0.5, 0.6) is 5.75 Å². The molecule has 2 aliphatic rings. The van der Waals surface area contributed by atoms with Gasteiger partial charge in [-0.15, -0.1) is 0 Å². The number of rotatable bonds is 2. The first kappa shape index (κ1) is 19.7. The molecule has 1 saturated carbocycles. The highest BCUT2D eigenvalue weighted by molar-refractivity contribution is 5.50. The molecule has 1 aromatic carbocycles. The van der Waals surface area contributed by atoms with E-state index in [9.17, 15) is 5.11 Å². The monoisotopic (exact) mass is 358 g/mol. The molecule has 1 heterocycles. The van der Waals surface area contributed by atoms with E-state index in [2.05, 4.69) is 53.7 Å². The van der Waals surface area contributed by atoms with E-state index < -0.39 is 0 Å². The van der Waals surface area contributed by atoms with Gasteiger partial charge in [0.05, 0.1) is 12.7 Å². The molecular weight excluding hydrogens is 320 g/mol. The molecule has 0 radical (unpaired) electrons. The van der Waals surface area contributed by atoms with Crippen molar-refractivity contribution in [1.29, 1.82) is 0 Å². The van der Waals surface area contributed by atoms with Crippen LogP contribution in [0.2, 0.25) is 0 Å². The second-order valence-corrected chi connectivity index (χ2v) is 10.7. The molecule has 1 aromatic rings. The summed E-state index contributed by atoms with van der Waals surface area (Å²) in [5.74, 6) is 1.73. The average Bonchev–Trinajstić information content (AvgIpc) is 3.07. The third-order valence-electron chi connectivity index (χ3n) is 6.46. The van der Waals surface area contributed by atoms with Gasteiger partial charge in [0.2, 0.25) is 0 Å². The molecule has 0 spiro atoms. The Morgan fingerprint density at radius 2 is 1.38 bits per heavy atom. The van der Waals surface area contributed by atoms with Crippen LogP contribution in [0.4, 0.5) is 0 Å². The molecule has 0 amide bonds. The zero-order chi connectivity index (χ0) is 19.1. The van der Waals surface area contributed by atoms with Gasteiger partial charge in [0, 0.05) is 5.92 Å². The second-order valence-electron chi connectivity index (χ2n) is 10.7. The SMILES string of the molecule is CC(C)(C)c1cc(C2CCC(C3CCCC3)OC2)cc(C(C)(C)C)c1O. The van der Waals surface area contributed by atoms with Crippen molar-refractivity contribution in [3.63, 3.8) is 0 Å². The van der Waals surface area contributed by atoms with Crippen LogP contribution < -0.4 is 0 Å². The van der Waals surface area contributed by atoms with Gasteiger partial charge in [-0.2, -0.15) is 0 Å². The summed E-state index contributed by atoms with van der Waals surface area (Å²) in [6.07, 6.45) is 8.36. The van der Waals surface area contributed by atoms with Crippen LogP contribution in [0.3, 0.4) is 0 Å². The van der Waals surface area contributed by atoms with E-state index in [0.29, 0.717) is 17.8 Å². The zero-order valence-corrected chi connectivity index (χ0v) is 17.7.